The van der Waals surface area contributed by atoms with Gasteiger partial charge in [0.2, 0.25) is 11.8 Å². The van der Waals surface area contributed by atoms with Crippen LogP contribution < -0.4 is 15.5 Å². The Morgan fingerprint density at radius 3 is 2.80 bits per heavy atom. The molecular formula is C18H19N3O3S. The second-order valence-corrected chi connectivity index (χ2v) is 6.74. The molecule has 1 aliphatic rings. The van der Waals surface area contributed by atoms with Crippen molar-refractivity contribution in [2.75, 3.05) is 23.3 Å². The van der Waals surface area contributed by atoms with Crippen molar-refractivity contribution in [1.29, 1.82) is 0 Å². The zero-order chi connectivity index (χ0) is 17.8. The number of carbonyl (C=O) groups is 3. The van der Waals surface area contributed by atoms with E-state index >= 15 is 0 Å². The number of nitrogens with one attached hydrogen (secondary N) is 2. The van der Waals surface area contributed by atoms with Gasteiger partial charge >= 0.3 is 0 Å². The fourth-order valence-corrected chi connectivity index (χ4v) is 3.45. The van der Waals surface area contributed by atoms with Crippen LogP contribution in [0.15, 0.2) is 35.7 Å². The third-order valence-corrected chi connectivity index (χ3v) is 4.89. The van der Waals surface area contributed by atoms with Crippen LogP contribution in [-0.2, 0) is 16.0 Å². The van der Waals surface area contributed by atoms with E-state index in [1.165, 1.54) is 11.3 Å². The van der Waals surface area contributed by atoms with Crippen LogP contribution in [0.5, 0.6) is 0 Å². The fourth-order valence-electron chi connectivity index (χ4n) is 2.81. The summed E-state index contributed by atoms with van der Waals surface area (Å²) >= 11 is 1.37. The quantitative estimate of drug-likeness (QED) is 0.863. The molecule has 1 aromatic carbocycles. The first-order valence-electron chi connectivity index (χ1n) is 8.07. The Hall–Kier alpha value is -2.67. The summed E-state index contributed by atoms with van der Waals surface area (Å²) in [5, 5.41) is 7.40. The van der Waals surface area contributed by atoms with Gasteiger partial charge in [-0.25, -0.2) is 0 Å². The number of thiophene rings is 1. The number of carbonyl (C=O) groups excluding carboxylic acids is 3. The van der Waals surface area contributed by atoms with Gasteiger partial charge in [-0.15, -0.1) is 11.3 Å². The predicted molar refractivity (Wildman–Crippen MR) is 98.1 cm³/mol. The number of hydrogen-bond acceptors (Lipinski definition) is 4. The molecule has 0 bridgehead atoms. The highest BCUT2D eigenvalue weighted by atomic mass is 32.1. The average molecular weight is 357 g/mol. The molecule has 3 amide bonds. The summed E-state index contributed by atoms with van der Waals surface area (Å²) in [6.07, 6.45) is 0.989. The number of fused-ring (bicyclic) bond motifs is 1. The van der Waals surface area contributed by atoms with Crippen LogP contribution in [-0.4, -0.2) is 30.8 Å². The van der Waals surface area contributed by atoms with Crippen LogP contribution >= 0.6 is 11.3 Å². The van der Waals surface area contributed by atoms with Crippen LogP contribution in [0.3, 0.4) is 0 Å². The first-order valence-corrected chi connectivity index (χ1v) is 8.95. The summed E-state index contributed by atoms with van der Waals surface area (Å²) in [7, 11) is 0. The summed E-state index contributed by atoms with van der Waals surface area (Å²) in [5.41, 5.74) is 2.67. The zero-order valence-corrected chi connectivity index (χ0v) is 14.7. The van der Waals surface area contributed by atoms with E-state index in [0.717, 1.165) is 17.7 Å². The smallest absolute Gasteiger partial charge is 0.261 e. The van der Waals surface area contributed by atoms with E-state index in [-0.39, 0.29) is 30.7 Å². The lowest BCUT2D eigenvalue weighted by Gasteiger charge is -2.15. The van der Waals surface area contributed by atoms with Crippen molar-refractivity contribution >= 4 is 40.4 Å². The molecule has 0 spiro atoms. The minimum absolute atomic E-state index is 0.0250. The van der Waals surface area contributed by atoms with Gasteiger partial charge in [-0.1, -0.05) is 6.07 Å². The third-order valence-electron chi connectivity index (χ3n) is 4.02. The molecule has 2 heterocycles. The molecular weight excluding hydrogens is 338 g/mol. The predicted octanol–water partition coefficient (Wildman–Crippen LogP) is 2.42. The number of hydrogen-bond donors (Lipinski definition) is 2. The number of amides is 3. The first-order chi connectivity index (χ1) is 12.0. The minimum atomic E-state index is -0.162. The Balaban J connectivity index is 1.50. The van der Waals surface area contributed by atoms with Crippen LogP contribution in [0.25, 0.3) is 0 Å². The summed E-state index contributed by atoms with van der Waals surface area (Å²) in [4.78, 5) is 37.7. The molecule has 2 aromatic rings. The SMILES string of the molecule is CC(=O)N1CCc2cc(NC(=O)CCNC(=O)c3cccs3)ccc21. The second kappa shape index (κ2) is 7.48. The van der Waals surface area contributed by atoms with E-state index in [2.05, 4.69) is 10.6 Å². The lowest BCUT2D eigenvalue weighted by molar-refractivity contribution is -0.117. The van der Waals surface area contributed by atoms with Gasteiger partial charge in [0.1, 0.15) is 0 Å². The first kappa shape index (κ1) is 17.2. The molecule has 2 N–H and O–H groups in total. The maximum Gasteiger partial charge on any atom is 0.261 e. The van der Waals surface area contributed by atoms with Gasteiger partial charge < -0.3 is 15.5 Å². The van der Waals surface area contributed by atoms with Crippen molar-refractivity contribution in [2.24, 2.45) is 0 Å². The van der Waals surface area contributed by atoms with Gasteiger partial charge in [-0.05, 0) is 41.6 Å². The van der Waals surface area contributed by atoms with Gasteiger partial charge in [0.25, 0.3) is 5.91 Å². The van der Waals surface area contributed by atoms with E-state index < -0.39 is 0 Å². The Morgan fingerprint density at radius 1 is 1.24 bits per heavy atom. The van der Waals surface area contributed by atoms with Gasteiger partial charge in [0.15, 0.2) is 0 Å². The number of anilines is 2. The fraction of sp³-hybridized carbons (Fsp3) is 0.278. The molecule has 0 unspecified atom stereocenters. The minimum Gasteiger partial charge on any atom is -0.351 e. The number of benzene rings is 1. The highest BCUT2D eigenvalue weighted by Gasteiger charge is 2.22. The molecule has 7 heteroatoms. The molecule has 0 atom stereocenters. The maximum atomic E-state index is 12.0. The highest BCUT2D eigenvalue weighted by Crippen LogP contribution is 2.30. The molecule has 0 radical (unpaired) electrons. The molecule has 130 valence electrons. The van der Waals surface area contributed by atoms with E-state index in [1.807, 2.05) is 23.6 Å². The largest absolute Gasteiger partial charge is 0.351 e. The number of rotatable bonds is 5. The van der Waals surface area contributed by atoms with Crippen LogP contribution in [0.1, 0.15) is 28.6 Å². The highest BCUT2D eigenvalue weighted by molar-refractivity contribution is 7.12. The van der Waals surface area contributed by atoms with E-state index in [1.54, 1.807) is 24.0 Å². The normalized spacial score (nSPS) is 12.6. The van der Waals surface area contributed by atoms with E-state index in [4.69, 9.17) is 0 Å². The molecule has 6 nitrogen and oxygen atoms in total. The maximum absolute atomic E-state index is 12.0. The molecule has 25 heavy (non-hydrogen) atoms. The Morgan fingerprint density at radius 2 is 2.08 bits per heavy atom. The van der Waals surface area contributed by atoms with Crippen molar-refractivity contribution in [3.63, 3.8) is 0 Å². The molecule has 0 saturated heterocycles. The number of nitrogens with zero attached hydrogens (tertiary/aromatic N) is 1. The van der Waals surface area contributed by atoms with Gasteiger partial charge in [0, 0.05) is 37.8 Å². The van der Waals surface area contributed by atoms with Crippen LogP contribution in [0, 0.1) is 0 Å². The Kier molecular flexibility index (Phi) is 5.14. The van der Waals surface area contributed by atoms with Gasteiger partial charge in [-0.2, -0.15) is 0 Å². The van der Waals surface area contributed by atoms with Crippen molar-refractivity contribution in [1.82, 2.24) is 5.32 Å². The van der Waals surface area contributed by atoms with Gasteiger partial charge in [0.05, 0.1) is 4.88 Å². The lowest BCUT2D eigenvalue weighted by atomic mass is 10.1. The monoisotopic (exact) mass is 357 g/mol. The summed E-state index contributed by atoms with van der Waals surface area (Å²) in [5.74, 6) is -0.297. The van der Waals surface area contributed by atoms with Crippen molar-refractivity contribution in [3.8, 4) is 0 Å². The molecule has 1 aliphatic heterocycles. The van der Waals surface area contributed by atoms with E-state index in [9.17, 15) is 14.4 Å². The Labute approximate surface area is 149 Å². The third kappa shape index (κ3) is 4.06. The van der Waals surface area contributed by atoms with E-state index in [0.29, 0.717) is 17.1 Å². The summed E-state index contributed by atoms with van der Waals surface area (Å²) < 4.78 is 0. The van der Waals surface area contributed by atoms with Crippen LogP contribution in [0.2, 0.25) is 0 Å². The molecule has 0 fully saturated rings. The standard InChI is InChI=1S/C18H19N3O3S/c1-12(22)21-9-7-13-11-14(4-5-15(13)21)20-17(23)6-8-19-18(24)16-3-2-10-25-16/h2-5,10-11H,6-9H2,1H3,(H,19,24)(H,20,23). The lowest BCUT2D eigenvalue weighted by Crippen LogP contribution is -2.27. The molecule has 0 saturated carbocycles. The molecule has 1 aromatic heterocycles. The molecule has 0 aliphatic carbocycles. The summed E-state index contributed by atoms with van der Waals surface area (Å²) in [6.45, 7) is 2.51. The van der Waals surface area contributed by atoms with Crippen LogP contribution in [0.4, 0.5) is 11.4 Å². The zero-order valence-electron chi connectivity index (χ0n) is 13.9. The second-order valence-electron chi connectivity index (χ2n) is 5.80. The topological polar surface area (TPSA) is 78.5 Å². The van der Waals surface area contributed by atoms with Crippen molar-refractivity contribution in [3.05, 3.63) is 46.2 Å². The Bertz CT molecular complexity index is 802. The summed E-state index contributed by atoms with van der Waals surface area (Å²) in [6, 6.07) is 9.11. The van der Waals surface area contributed by atoms with Crippen molar-refractivity contribution < 1.29 is 14.4 Å². The van der Waals surface area contributed by atoms with Gasteiger partial charge in [-0.3, -0.25) is 14.4 Å². The van der Waals surface area contributed by atoms with Crippen molar-refractivity contribution in [2.45, 2.75) is 19.8 Å². The molecule has 3 rings (SSSR count). The average Bonchev–Trinajstić information content (AvgIpc) is 3.24.